The Morgan fingerprint density at radius 3 is 1.98 bits per heavy atom. The lowest BCUT2D eigenvalue weighted by molar-refractivity contribution is 0.627. The molecule has 1 atom stereocenters. The normalized spacial score (nSPS) is 15.6. The average molecular weight is 558 g/mol. The van der Waals surface area contributed by atoms with E-state index in [2.05, 4.69) is 44.4 Å². The van der Waals surface area contributed by atoms with Gasteiger partial charge in [0, 0.05) is 16.8 Å². The number of hydrogen-bond acceptors (Lipinski definition) is 1. The third-order valence-electron chi connectivity index (χ3n) is 8.08. The molecule has 1 aliphatic heterocycles. The molecule has 1 aromatic heterocycles. The van der Waals surface area contributed by atoms with Crippen molar-refractivity contribution in [3.05, 3.63) is 136 Å². The highest BCUT2D eigenvalue weighted by atomic mass is 28.3. The minimum absolute atomic E-state index is 0.116. The van der Waals surface area contributed by atoms with E-state index in [4.69, 9.17) is 0 Å². The lowest BCUT2D eigenvalue weighted by Gasteiger charge is -2.39. The lowest BCUT2D eigenvalue weighted by Crippen LogP contribution is -2.62. The Morgan fingerprint density at radius 1 is 0.756 bits per heavy atom. The summed E-state index contributed by atoms with van der Waals surface area (Å²) in [5.41, 5.74) is 9.25. The minimum Gasteiger partial charge on any atom is -0.277 e. The summed E-state index contributed by atoms with van der Waals surface area (Å²) in [7, 11) is -3.04. The van der Waals surface area contributed by atoms with Crippen LogP contribution in [-0.2, 0) is 0 Å². The monoisotopic (exact) mass is 557 g/mol. The van der Waals surface area contributed by atoms with Gasteiger partial charge in [0.2, 0.25) is 8.07 Å². The summed E-state index contributed by atoms with van der Waals surface area (Å²) in [6.45, 7) is 8.54. The van der Waals surface area contributed by atoms with Crippen LogP contribution in [0, 0.1) is 30.0 Å². The van der Waals surface area contributed by atoms with Gasteiger partial charge in [-0.25, -0.2) is 8.78 Å². The van der Waals surface area contributed by atoms with Crippen molar-refractivity contribution in [3.8, 4) is 39.5 Å². The van der Waals surface area contributed by atoms with Crippen LogP contribution in [0.3, 0.4) is 0 Å². The molecule has 0 saturated heterocycles. The van der Waals surface area contributed by atoms with E-state index in [0.717, 1.165) is 44.0 Å². The lowest BCUT2D eigenvalue weighted by atomic mass is 9.98. The van der Waals surface area contributed by atoms with Gasteiger partial charge >= 0.3 is 0 Å². The molecule has 5 aromatic rings. The zero-order chi connectivity index (χ0) is 28.9. The van der Waals surface area contributed by atoms with Crippen LogP contribution in [0.4, 0.5) is 8.78 Å². The van der Waals surface area contributed by atoms with Crippen molar-refractivity contribution < 1.29 is 8.78 Å². The molecule has 0 unspecified atom stereocenters. The van der Waals surface area contributed by atoms with Gasteiger partial charge < -0.3 is 0 Å². The summed E-state index contributed by atoms with van der Waals surface area (Å²) in [6.07, 6.45) is 0. The maximum atomic E-state index is 14.3. The highest BCUT2D eigenvalue weighted by Crippen LogP contribution is 2.45. The van der Waals surface area contributed by atoms with Crippen molar-refractivity contribution in [1.82, 2.24) is 4.57 Å². The quantitative estimate of drug-likeness (QED) is 0.169. The molecule has 0 bridgehead atoms. The van der Waals surface area contributed by atoms with E-state index >= 15 is 0 Å². The second-order valence-corrected chi connectivity index (χ2v) is 15.8. The van der Waals surface area contributed by atoms with Gasteiger partial charge in [0.05, 0.1) is 5.69 Å². The topological polar surface area (TPSA) is 22.0 Å². The van der Waals surface area contributed by atoms with Crippen molar-refractivity contribution in [3.63, 3.8) is 0 Å². The number of rotatable bonds is 2. The third-order valence-corrected chi connectivity index (χ3v) is 13.3. The van der Waals surface area contributed by atoms with E-state index in [1.54, 1.807) is 28.8 Å². The van der Waals surface area contributed by atoms with Crippen molar-refractivity contribution in [1.29, 1.82) is 0 Å². The number of aromatic nitrogens is 1. The van der Waals surface area contributed by atoms with Gasteiger partial charge in [-0.3, -0.25) is 9.36 Å². The van der Waals surface area contributed by atoms with E-state index in [0.29, 0.717) is 5.56 Å². The van der Waals surface area contributed by atoms with Crippen LogP contribution in [0.15, 0.2) is 108 Å². The molecule has 5 heteroatoms. The summed E-state index contributed by atoms with van der Waals surface area (Å²) >= 11 is 0. The number of pyridine rings is 1. The summed E-state index contributed by atoms with van der Waals surface area (Å²) in [4.78, 5) is 14.3. The predicted molar refractivity (Wildman–Crippen MR) is 166 cm³/mol. The van der Waals surface area contributed by atoms with Gasteiger partial charge in [-0.15, -0.1) is 5.54 Å². The van der Waals surface area contributed by atoms with Crippen LogP contribution in [0.1, 0.15) is 31.9 Å². The number of fused-ring (bicyclic) bond motifs is 3. The molecule has 1 aliphatic rings. The summed E-state index contributed by atoms with van der Waals surface area (Å²) in [5, 5.41) is 1.88. The van der Waals surface area contributed by atoms with Gasteiger partial charge in [-0.2, -0.15) is 0 Å². The molecule has 0 aliphatic carbocycles. The first-order valence-electron chi connectivity index (χ1n) is 13.6. The van der Waals surface area contributed by atoms with Crippen LogP contribution in [-0.4, -0.2) is 12.6 Å². The summed E-state index contributed by atoms with van der Waals surface area (Å²) in [5.74, 6) is 2.77. The largest absolute Gasteiger partial charge is 0.277 e. The fraction of sp³-hybridized carbons (Fsp3) is 0.139. The maximum Gasteiger partial charge on any atom is 0.259 e. The SMILES string of the molecule is Cc1c2c(c(-c3ccc(F)cc3)n(-c3ccccc3)c1=O)[Si@@](C#Cc1ccc(F)cc1)(C(C)(C)C)c1ccccc1-2. The second-order valence-electron chi connectivity index (χ2n) is 11.5. The zero-order valence-corrected chi connectivity index (χ0v) is 24.4. The highest BCUT2D eigenvalue weighted by molar-refractivity contribution is 7.13. The van der Waals surface area contributed by atoms with Gasteiger partial charge in [-0.1, -0.05) is 69.2 Å². The smallest absolute Gasteiger partial charge is 0.259 e. The number of benzene rings is 4. The van der Waals surface area contributed by atoms with E-state index in [9.17, 15) is 13.6 Å². The van der Waals surface area contributed by atoms with Gasteiger partial charge in [-0.05, 0) is 99.7 Å². The maximum absolute atomic E-state index is 14.3. The molecule has 0 fully saturated rings. The molecular weight excluding hydrogens is 528 g/mol. The van der Waals surface area contributed by atoms with Crippen LogP contribution in [0.5, 0.6) is 0 Å². The molecule has 6 rings (SSSR count). The predicted octanol–water partition coefficient (Wildman–Crippen LogP) is 7.03. The van der Waals surface area contributed by atoms with E-state index in [1.165, 1.54) is 24.3 Å². The third kappa shape index (κ3) is 4.18. The fourth-order valence-electron chi connectivity index (χ4n) is 6.16. The first-order chi connectivity index (χ1) is 19.6. The summed E-state index contributed by atoms with van der Waals surface area (Å²) < 4.78 is 29.8. The molecule has 41 heavy (non-hydrogen) atoms. The Bertz CT molecular complexity index is 1910. The van der Waals surface area contributed by atoms with Crippen molar-refractivity contribution in [2.45, 2.75) is 32.7 Å². The molecule has 4 aromatic carbocycles. The van der Waals surface area contributed by atoms with Gasteiger partial charge in [0.15, 0.2) is 0 Å². The number of halogens is 2. The van der Waals surface area contributed by atoms with Crippen LogP contribution in [0.2, 0.25) is 5.04 Å². The van der Waals surface area contributed by atoms with Crippen molar-refractivity contribution in [2.24, 2.45) is 0 Å². The molecule has 2 heterocycles. The molecular formula is C36H29F2NOSi. The Kier molecular flexibility index (Phi) is 6.40. The zero-order valence-electron chi connectivity index (χ0n) is 23.4. The number of para-hydroxylation sites is 1. The van der Waals surface area contributed by atoms with E-state index < -0.39 is 8.07 Å². The first kappa shape index (κ1) is 26.7. The number of nitrogens with zero attached hydrogens (tertiary/aromatic N) is 1. The molecule has 0 radical (unpaired) electrons. The first-order valence-corrected chi connectivity index (χ1v) is 15.6. The van der Waals surface area contributed by atoms with Crippen LogP contribution < -0.4 is 15.9 Å². The van der Waals surface area contributed by atoms with E-state index in [1.807, 2.05) is 49.4 Å². The minimum atomic E-state index is -3.04. The molecule has 0 amide bonds. The molecule has 202 valence electrons. The van der Waals surface area contributed by atoms with E-state index in [-0.39, 0.29) is 22.2 Å². The highest BCUT2D eigenvalue weighted by Gasteiger charge is 2.55. The average Bonchev–Trinajstić information content (AvgIpc) is 3.27. The van der Waals surface area contributed by atoms with Crippen molar-refractivity contribution >= 4 is 18.4 Å². The standard InChI is InChI=1S/C36H29F2NOSi/c1-24-32-30-12-8-9-13-31(30)41(36(2,3)4,23-22-25-14-18-27(37)19-15-25)34(32)33(26-16-20-28(38)21-17-26)39(35(24)40)29-10-6-5-7-11-29/h5-21H,1-4H3/t41-/m0/s1. The Labute approximate surface area is 240 Å². The molecule has 0 spiro atoms. The van der Waals surface area contributed by atoms with Crippen molar-refractivity contribution in [2.75, 3.05) is 0 Å². The van der Waals surface area contributed by atoms with Gasteiger partial charge in [0.25, 0.3) is 5.56 Å². The second kappa shape index (κ2) is 9.83. The van der Waals surface area contributed by atoms with Gasteiger partial charge in [0.1, 0.15) is 11.6 Å². The summed E-state index contributed by atoms with van der Waals surface area (Å²) in [6, 6.07) is 30.5. The van der Waals surface area contributed by atoms with Crippen LogP contribution >= 0.6 is 0 Å². The molecule has 0 N–H and O–H groups in total. The molecule has 2 nitrogen and oxygen atoms in total. The van der Waals surface area contributed by atoms with Crippen LogP contribution in [0.25, 0.3) is 28.1 Å². The fourth-order valence-corrected chi connectivity index (χ4v) is 11.2. The number of hydrogen-bond donors (Lipinski definition) is 0. The Balaban J connectivity index is 1.84. The Morgan fingerprint density at radius 2 is 1.34 bits per heavy atom. The molecule has 0 saturated carbocycles. The Hall–Kier alpha value is -4.53.